The summed E-state index contributed by atoms with van der Waals surface area (Å²) in [6, 6.07) is 0. The second-order valence-electron chi connectivity index (χ2n) is 2.11. The number of nitrogens with zero attached hydrogens (tertiary/aromatic N) is 2. The van der Waals surface area contributed by atoms with Gasteiger partial charge in [0.05, 0.1) is 10.8 Å². The first-order valence-electron chi connectivity index (χ1n) is 3.19. The average molecular weight is 187 g/mol. The number of guanidine groups is 1. The van der Waals surface area contributed by atoms with Gasteiger partial charge in [-0.05, 0) is 6.92 Å². The quantitative estimate of drug-likeness (QED) is 0.183. The Bertz CT molecular complexity index is 267. The Balaban J connectivity index is 0.000000310. The van der Waals surface area contributed by atoms with E-state index >= 15 is 0 Å². The molecule has 1 heterocycles. The number of allylic oxidation sites excluding steroid dienone is 1. The molecule has 0 aromatic heterocycles. The van der Waals surface area contributed by atoms with Gasteiger partial charge in [0.2, 0.25) is 0 Å². The van der Waals surface area contributed by atoms with Crippen LogP contribution in [0.1, 0.15) is 6.92 Å². The minimum Gasteiger partial charge on any atom is -0.356 e. The van der Waals surface area contributed by atoms with Crippen molar-refractivity contribution < 1.29 is 10.1 Å². The second-order valence-corrected chi connectivity index (χ2v) is 2.11. The zero-order valence-corrected chi connectivity index (χ0v) is 6.85. The standard InChI is InChI=1S/C5H8N4.NO3/c1-4-2-3-9(8-4)5(6)7;2-1(3)4/h2-3H,1H3,(H3,6,7);/q;-1/p+1. The summed E-state index contributed by atoms with van der Waals surface area (Å²) in [5.74, 6) is 0.0306. The van der Waals surface area contributed by atoms with Crippen LogP contribution in [-0.4, -0.2) is 16.8 Å². The molecule has 0 spiro atoms. The van der Waals surface area contributed by atoms with Crippen molar-refractivity contribution in [1.82, 2.24) is 0 Å². The van der Waals surface area contributed by atoms with Gasteiger partial charge < -0.3 is 21.1 Å². The fourth-order valence-electron chi connectivity index (χ4n) is 0.614. The third kappa shape index (κ3) is 5.32. The van der Waals surface area contributed by atoms with Gasteiger partial charge >= 0.3 is 5.96 Å². The first-order valence-corrected chi connectivity index (χ1v) is 3.19. The highest BCUT2D eigenvalue weighted by Crippen LogP contribution is 1.78. The second kappa shape index (κ2) is 4.83. The summed E-state index contributed by atoms with van der Waals surface area (Å²) in [7, 11) is 0. The largest absolute Gasteiger partial charge is 0.356 e. The summed E-state index contributed by atoms with van der Waals surface area (Å²) >= 11 is 0. The van der Waals surface area contributed by atoms with Gasteiger partial charge in [-0.15, -0.1) is 5.01 Å². The number of hydrogen-bond acceptors (Lipinski definition) is 5. The Morgan fingerprint density at radius 1 is 1.77 bits per heavy atom. The first-order chi connectivity index (χ1) is 5.93. The Hall–Kier alpha value is -1.96. The lowest BCUT2D eigenvalue weighted by Crippen LogP contribution is -3.06. The van der Waals surface area contributed by atoms with Crippen molar-refractivity contribution in [3.8, 4) is 0 Å². The fourth-order valence-corrected chi connectivity index (χ4v) is 0.614. The topological polar surface area (TPSA) is 133 Å². The summed E-state index contributed by atoms with van der Waals surface area (Å²) < 4.78 is 0. The van der Waals surface area contributed by atoms with Gasteiger partial charge in [0.25, 0.3) is 0 Å². The maximum absolute atomic E-state index is 8.25. The van der Waals surface area contributed by atoms with Crippen molar-refractivity contribution >= 4 is 11.7 Å². The van der Waals surface area contributed by atoms with E-state index < -0.39 is 5.09 Å². The van der Waals surface area contributed by atoms with E-state index in [2.05, 4.69) is 5.10 Å². The van der Waals surface area contributed by atoms with E-state index in [1.807, 2.05) is 13.0 Å². The molecule has 0 radical (unpaired) electrons. The van der Waals surface area contributed by atoms with E-state index in [1.54, 1.807) is 6.20 Å². The fraction of sp³-hybridized carbons (Fsp3) is 0.200. The van der Waals surface area contributed by atoms with Crippen LogP contribution in [0.5, 0.6) is 0 Å². The Labute approximate surface area is 73.6 Å². The minimum atomic E-state index is -1.75. The van der Waals surface area contributed by atoms with Crippen LogP contribution in [0.4, 0.5) is 0 Å². The predicted octanol–water partition coefficient (Wildman–Crippen LogP) is -1.57. The molecule has 0 aromatic carbocycles. The van der Waals surface area contributed by atoms with E-state index in [1.165, 1.54) is 0 Å². The maximum atomic E-state index is 8.25. The zero-order valence-electron chi connectivity index (χ0n) is 6.85. The molecule has 1 aliphatic rings. The van der Waals surface area contributed by atoms with Gasteiger partial charge in [0, 0.05) is 6.08 Å². The molecule has 0 saturated heterocycles. The summed E-state index contributed by atoms with van der Waals surface area (Å²) in [6.07, 6.45) is 3.56. The van der Waals surface area contributed by atoms with Gasteiger partial charge in [-0.2, -0.15) is 0 Å². The van der Waals surface area contributed by atoms with Crippen molar-refractivity contribution in [2.24, 2.45) is 10.8 Å². The van der Waals surface area contributed by atoms with Crippen LogP contribution in [0.15, 0.2) is 17.4 Å². The van der Waals surface area contributed by atoms with Crippen LogP contribution in [0.3, 0.4) is 0 Å². The molecule has 1 unspecified atom stereocenters. The number of rotatable bonds is 0. The van der Waals surface area contributed by atoms with Crippen LogP contribution in [0.25, 0.3) is 0 Å². The van der Waals surface area contributed by atoms with Crippen LogP contribution in [0, 0.1) is 20.7 Å². The van der Waals surface area contributed by atoms with Crippen molar-refractivity contribution in [2.75, 3.05) is 0 Å². The molecule has 8 heteroatoms. The van der Waals surface area contributed by atoms with Crippen LogP contribution in [0.2, 0.25) is 0 Å². The van der Waals surface area contributed by atoms with Crippen LogP contribution < -0.4 is 10.7 Å². The molecule has 1 rings (SSSR count). The number of nitrogens with one attached hydrogen (secondary N) is 2. The van der Waals surface area contributed by atoms with Gasteiger partial charge in [-0.25, -0.2) is 5.41 Å². The maximum Gasteiger partial charge on any atom is 0.322 e. The van der Waals surface area contributed by atoms with Gasteiger partial charge in [-0.3, -0.25) is 0 Å². The molecule has 0 aromatic rings. The lowest BCUT2D eigenvalue weighted by Gasteiger charge is -1.96. The van der Waals surface area contributed by atoms with Crippen molar-refractivity contribution in [2.45, 2.75) is 6.92 Å². The number of hydrogen-bond donors (Lipinski definition) is 3. The minimum absolute atomic E-state index is 0.0306. The molecule has 72 valence electrons. The molecule has 0 saturated carbocycles. The normalized spacial score (nSPS) is 18.5. The Morgan fingerprint density at radius 3 is 2.38 bits per heavy atom. The first kappa shape index (κ1) is 11.0. The molecule has 0 aliphatic carbocycles. The molecular formula is C5H9N5O3. The van der Waals surface area contributed by atoms with E-state index in [0.29, 0.717) is 5.01 Å². The number of quaternary nitrogens is 1. The molecule has 13 heavy (non-hydrogen) atoms. The molecule has 4 N–H and O–H groups in total. The molecule has 1 atom stereocenters. The Morgan fingerprint density at radius 2 is 2.23 bits per heavy atom. The van der Waals surface area contributed by atoms with Gasteiger partial charge in [-0.1, -0.05) is 5.10 Å². The molecule has 0 fully saturated rings. The average Bonchev–Trinajstić information content (AvgIpc) is 2.34. The van der Waals surface area contributed by atoms with E-state index in [-0.39, 0.29) is 5.96 Å². The van der Waals surface area contributed by atoms with Crippen LogP contribution >= 0.6 is 0 Å². The summed E-state index contributed by atoms with van der Waals surface area (Å²) in [6.45, 7) is 1.87. The summed E-state index contributed by atoms with van der Waals surface area (Å²) in [4.78, 5) is 8.25. The molecule has 1 aliphatic heterocycles. The summed E-state index contributed by atoms with van der Waals surface area (Å²) in [5.41, 5.74) is 6.05. The highest BCUT2D eigenvalue weighted by atomic mass is 16.9. The highest BCUT2D eigenvalue weighted by Gasteiger charge is 2.12. The summed E-state index contributed by atoms with van der Waals surface area (Å²) in [5, 5.41) is 26.2. The monoisotopic (exact) mass is 187 g/mol. The molecule has 8 nitrogen and oxygen atoms in total. The van der Waals surface area contributed by atoms with Crippen molar-refractivity contribution in [1.29, 1.82) is 5.41 Å². The van der Waals surface area contributed by atoms with E-state index in [0.717, 1.165) is 5.71 Å². The Kier molecular flexibility index (Phi) is 4.10. The SMILES string of the molecule is CC1=N[NH+](C(=N)N)C=C1.O=[N+]([O-])[O-]. The smallest absolute Gasteiger partial charge is 0.322 e. The highest BCUT2D eigenvalue weighted by molar-refractivity contribution is 5.93. The number of nitrogens with two attached hydrogens (primary N) is 1. The molecular weight excluding hydrogens is 178 g/mol. The molecule has 0 bridgehead atoms. The van der Waals surface area contributed by atoms with E-state index in [9.17, 15) is 0 Å². The lowest BCUT2D eigenvalue weighted by atomic mass is 10.4. The third-order valence-electron chi connectivity index (χ3n) is 1.06. The van der Waals surface area contributed by atoms with E-state index in [4.69, 9.17) is 26.5 Å². The third-order valence-corrected chi connectivity index (χ3v) is 1.06. The van der Waals surface area contributed by atoms with Gasteiger partial charge in [0.1, 0.15) is 6.20 Å². The lowest BCUT2D eigenvalue weighted by molar-refractivity contribution is -0.753. The van der Waals surface area contributed by atoms with Crippen molar-refractivity contribution in [3.63, 3.8) is 0 Å². The predicted molar refractivity (Wildman–Crippen MR) is 45.5 cm³/mol. The van der Waals surface area contributed by atoms with Crippen LogP contribution in [-0.2, 0) is 0 Å². The van der Waals surface area contributed by atoms with Gasteiger partial charge in [0.15, 0.2) is 0 Å². The zero-order chi connectivity index (χ0) is 10.4. The molecule has 0 amide bonds. The van der Waals surface area contributed by atoms with Crippen molar-refractivity contribution in [3.05, 3.63) is 27.6 Å².